The van der Waals surface area contributed by atoms with Crippen molar-refractivity contribution in [2.45, 2.75) is 6.92 Å². The number of benzene rings is 1. The first-order chi connectivity index (χ1) is 5.15. The number of hydrogen-bond donors (Lipinski definition) is 0. The van der Waals surface area contributed by atoms with E-state index in [1.807, 2.05) is 0 Å². The van der Waals surface area contributed by atoms with Crippen LogP contribution in [-0.4, -0.2) is 6.29 Å². The van der Waals surface area contributed by atoms with Crippen LogP contribution < -0.4 is 0 Å². The SMILES string of the molecule is Cc1cc(Cl)cc(C=O)c1Cl. The van der Waals surface area contributed by atoms with E-state index in [0.717, 1.165) is 5.56 Å². The molecule has 0 amide bonds. The van der Waals surface area contributed by atoms with Crippen LogP contribution in [0.25, 0.3) is 0 Å². The van der Waals surface area contributed by atoms with Gasteiger partial charge in [-0.1, -0.05) is 23.2 Å². The van der Waals surface area contributed by atoms with Crippen LogP contribution in [0.1, 0.15) is 15.9 Å². The van der Waals surface area contributed by atoms with Gasteiger partial charge in [0.05, 0.1) is 5.02 Å². The van der Waals surface area contributed by atoms with Crippen LogP contribution in [0.4, 0.5) is 0 Å². The zero-order valence-electron chi connectivity index (χ0n) is 5.90. The van der Waals surface area contributed by atoms with E-state index in [-0.39, 0.29) is 0 Å². The van der Waals surface area contributed by atoms with Crippen molar-refractivity contribution in [2.24, 2.45) is 0 Å². The highest BCUT2D eigenvalue weighted by Gasteiger charge is 2.03. The average Bonchev–Trinajstić information content (AvgIpc) is 1.96. The summed E-state index contributed by atoms with van der Waals surface area (Å²) in [7, 11) is 0. The second-order valence-electron chi connectivity index (χ2n) is 2.24. The summed E-state index contributed by atoms with van der Waals surface area (Å²) in [6, 6.07) is 3.26. The van der Waals surface area contributed by atoms with Gasteiger partial charge >= 0.3 is 0 Å². The van der Waals surface area contributed by atoms with Crippen LogP contribution in [0, 0.1) is 6.92 Å². The molecule has 11 heavy (non-hydrogen) atoms. The fourth-order valence-electron chi connectivity index (χ4n) is 0.837. The van der Waals surface area contributed by atoms with Gasteiger partial charge in [-0.15, -0.1) is 0 Å². The van der Waals surface area contributed by atoms with Gasteiger partial charge in [-0.2, -0.15) is 0 Å². The molecule has 0 N–H and O–H groups in total. The van der Waals surface area contributed by atoms with Crippen molar-refractivity contribution in [3.05, 3.63) is 33.3 Å². The third-order valence-corrected chi connectivity index (χ3v) is 2.11. The third-order valence-electron chi connectivity index (χ3n) is 1.37. The average molecular weight is 189 g/mol. The maximum Gasteiger partial charge on any atom is 0.151 e. The molecule has 0 radical (unpaired) electrons. The molecule has 1 rings (SSSR count). The van der Waals surface area contributed by atoms with Crippen molar-refractivity contribution < 1.29 is 4.79 Å². The molecule has 0 aliphatic heterocycles. The Kier molecular flexibility index (Phi) is 2.53. The van der Waals surface area contributed by atoms with Crippen molar-refractivity contribution in [1.82, 2.24) is 0 Å². The van der Waals surface area contributed by atoms with Gasteiger partial charge in [0, 0.05) is 10.6 Å². The lowest BCUT2D eigenvalue weighted by atomic mass is 10.1. The van der Waals surface area contributed by atoms with Crippen LogP contribution in [0.3, 0.4) is 0 Å². The van der Waals surface area contributed by atoms with Gasteiger partial charge in [0.15, 0.2) is 6.29 Å². The molecule has 0 atom stereocenters. The van der Waals surface area contributed by atoms with E-state index in [4.69, 9.17) is 23.2 Å². The second kappa shape index (κ2) is 3.24. The van der Waals surface area contributed by atoms with Crippen LogP contribution in [-0.2, 0) is 0 Å². The van der Waals surface area contributed by atoms with Crippen LogP contribution in [0.2, 0.25) is 10.0 Å². The Hall–Kier alpha value is -0.530. The molecule has 0 fully saturated rings. The minimum atomic E-state index is 0.441. The Morgan fingerprint density at radius 1 is 1.36 bits per heavy atom. The maximum absolute atomic E-state index is 10.4. The zero-order chi connectivity index (χ0) is 8.43. The molecular weight excluding hydrogens is 183 g/mol. The van der Waals surface area contributed by atoms with E-state index in [1.165, 1.54) is 0 Å². The molecule has 0 aliphatic rings. The molecule has 0 bridgehead atoms. The Balaban J connectivity index is 3.35. The highest BCUT2D eigenvalue weighted by molar-refractivity contribution is 6.35. The van der Waals surface area contributed by atoms with Crippen molar-refractivity contribution >= 4 is 29.5 Å². The fraction of sp³-hybridized carbons (Fsp3) is 0.125. The summed E-state index contributed by atoms with van der Waals surface area (Å²) in [6.07, 6.45) is 0.696. The summed E-state index contributed by atoms with van der Waals surface area (Å²) >= 11 is 11.5. The largest absolute Gasteiger partial charge is 0.298 e. The minimum absolute atomic E-state index is 0.441. The first kappa shape index (κ1) is 8.57. The summed E-state index contributed by atoms with van der Waals surface area (Å²) in [5.74, 6) is 0. The highest BCUT2D eigenvalue weighted by atomic mass is 35.5. The molecule has 0 spiro atoms. The number of carbonyl (C=O) groups excluding carboxylic acids is 1. The van der Waals surface area contributed by atoms with Gasteiger partial charge in [0.1, 0.15) is 0 Å². The minimum Gasteiger partial charge on any atom is -0.298 e. The van der Waals surface area contributed by atoms with Crippen molar-refractivity contribution in [3.8, 4) is 0 Å². The number of rotatable bonds is 1. The monoisotopic (exact) mass is 188 g/mol. The van der Waals surface area contributed by atoms with E-state index < -0.39 is 0 Å². The lowest BCUT2D eigenvalue weighted by Crippen LogP contribution is -1.85. The second-order valence-corrected chi connectivity index (χ2v) is 3.06. The smallest absolute Gasteiger partial charge is 0.151 e. The first-order valence-corrected chi connectivity index (χ1v) is 3.81. The molecule has 0 aromatic heterocycles. The van der Waals surface area contributed by atoms with Crippen molar-refractivity contribution in [2.75, 3.05) is 0 Å². The summed E-state index contributed by atoms with van der Waals surface area (Å²) in [4.78, 5) is 10.4. The van der Waals surface area contributed by atoms with Gasteiger partial charge in [-0.25, -0.2) is 0 Å². The normalized spacial score (nSPS) is 9.73. The standard InChI is InChI=1S/C8H6Cl2O/c1-5-2-7(9)3-6(4-11)8(5)10/h2-4H,1H3. The quantitative estimate of drug-likeness (QED) is 0.620. The van der Waals surface area contributed by atoms with E-state index in [0.29, 0.717) is 21.9 Å². The molecule has 1 nitrogen and oxygen atoms in total. The van der Waals surface area contributed by atoms with Crippen LogP contribution in [0.15, 0.2) is 12.1 Å². The van der Waals surface area contributed by atoms with Gasteiger partial charge in [0.2, 0.25) is 0 Å². The predicted octanol–water partition coefficient (Wildman–Crippen LogP) is 3.11. The Labute approximate surface area is 74.9 Å². The van der Waals surface area contributed by atoms with Crippen molar-refractivity contribution in [3.63, 3.8) is 0 Å². The van der Waals surface area contributed by atoms with E-state index in [9.17, 15) is 4.79 Å². The Morgan fingerprint density at radius 3 is 2.55 bits per heavy atom. The molecule has 0 unspecified atom stereocenters. The molecular formula is C8H6Cl2O. The van der Waals surface area contributed by atoms with Gasteiger partial charge in [-0.3, -0.25) is 4.79 Å². The van der Waals surface area contributed by atoms with E-state index in [2.05, 4.69) is 0 Å². The van der Waals surface area contributed by atoms with E-state index in [1.54, 1.807) is 19.1 Å². The lowest BCUT2D eigenvalue weighted by Gasteiger charge is -2.00. The van der Waals surface area contributed by atoms with Gasteiger partial charge in [-0.05, 0) is 24.6 Å². The summed E-state index contributed by atoms with van der Waals surface area (Å²) in [6.45, 7) is 1.81. The van der Waals surface area contributed by atoms with Crippen molar-refractivity contribution in [1.29, 1.82) is 0 Å². The van der Waals surface area contributed by atoms with Gasteiger partial charge < -0.3 is 0 Å². The molecule has 1 aromatic rings. The number of halogens is 2. The molecule has 58 valence electrons. The molecule has 0 heterocycles. The number of carbonyl (C=O) groups is 1. The summed E-state index contributed by atoms with van der Waals surface area (Å²) in [5, 5.41) is 1.01. The highest BCUT2D eigenvalue weighted by Crippen LogP contribution is 2.23. The fourth-order valence-corrected chi connectivity index (χ4v) is 1.27. The summed E-state index contributed by atoms with van der Waals surface area (Å²) < 4.78 is 0. The molecule has 1 aromatic carbocycles. The Bertz CT molecular complexity index is 294. The molecule has 3 heteroatoms. The molecule has 0 saturated heterocycles. The van der Waals surface area contributed by atoms with Crippen LogP contribution in [0.5, 0.6) is 0 Å². The third kappa shape index (κ3) is 1.73. The molecule has 0 aliphatic carbocycles. The number of hydrogen-bond acceptors (Lipinski definition) is 1. The number of aldehydes is 1. The topological polar surface area (TPSA) is 17.1 Å². The molecule has 0 saturated carbocycles. The maximum atomic E-state index is 10.4. The van der Waals surface area contributed by atoms with Gasteiger partial charge in [0.25, 0.3) is 0 Å². The van der Waals surface area contributed by atoms with Crippen LogP contribution >= 0.6 is 23.2 Å². The zero-order valence-corrected chi connectivity index (χ0v) is 7.41. The Morgan fingerprint density at radius 2 is 2.00 bits per heavy atom. The number of aryl methyl sites for hydroxylation is 1. The predicted molar refractivity (Wildman–Crippen MR) is 46.6 cm³/mol. The lowest BCUT2D eigenvalue weighted by molar-refractivity contribution is 0.112. The summed E-state index contributed by atoms with van der Waals surface area (Å²) in [5.41, 5.74) is 1.26. The first-order valence-electron chi connectivity index (χ1n) is 3.06. The van der Waals surface area contributed by atoms with E-state index >= 15 is 0 Å².